The fourth-order valence-electron chi connectivity index (χ4n) is 3.04. The monoisotopic (exact) mass is 292 g/mol. The van der Waals surface area contributed by atoms with Crippen LogP contribution in [0.1, 0.15) is 63.0 Å². The molecule has 1 heterocycles. The number of phenols is 1. The summed E-state index contributed by atoms with van der Waals surface area (Å²) in [5.41, 5.74) is 1.83. The highest BCUT2D eigenvalue weighted by molar-refractivity contribution is 5.43. The second-order valence-corrected chi connectivity index (χ2v) is 6.50. The molecule has 1 aliphatic heterocycles. The molecule has 0 aromatic heterocycles. The van der Waals surface area contributed by atoms with Crippen molar-refractivity contribution in [3.63, 3.8) is 0 Å². The Morgan fingerprint density at radius 2 is 2.05 bits per heavy atom. The molecule has 1 saturated heterocycles. The zero-order valence-corrected chi connectivity index (χ0v) is 13.2. The van der Waals surface area contributed by atoms with Gasteiger partial charge in [-0.25, -0.2) is 0 Å². The van der Waals surface area contributed by atoms with E-state index in [1.165, 1.54) is 19.3 Å². The predicted octanol–water partition coefficient (Wildman–Crippen LogP) is 3.97. The van der Waals surface area contributed by atoms with E-state index in [9.17, 15) is 10.2 Å². The quantitative estimate of drug-likeness (QED) is 0.748. The van der Waals surface area contributed by atoms with E-state index < -0.39 is 6.29 Å². The maximum Gasteiger partial charge on any atom is 0.161 e. The summed E-state index contributed by atoms with van der Waals surface area (Å²) in [6, 6.07) is 5.87. The fraction of sp³-hybridized carbons (Fsp3) is 0.667. The number of benzene rings is 1. The largest absolute Gasteiger partial charge is 0.507 e. The molecule has 2 atom stereocenters. The molecule has 0 amide bonds. The molecule has 2 N–H and O–H groups in total. The van der Waals surface area contributed by atoms with Crippen LogP contribution in [0.25, 0.3) is 0 Å². The normalized spacial score (nSPS) is 22.1. The molecule has 1 fully saturated rings. The van der Waals surface area contributed by atoms with Crippen molar-refractivity contribution in [2.75, 3.05) is 6.61 Å². The molecular weight excluding hydrogens is 264 g/mol. The first kappa shape index (κ1) is 16.3. The summed E-state index contributed by atoms with van der Waals surface area (Å²) in [6.07, 6.45) is 5.74. The number of ether oxygens (including phenoxy) is 1. The maximum atomic E-state index is 10.4. The summed E-state index contributed by atoms with van der Waals surface area (Å²) in [5, 5.41) is 20.3. The van der Waals surface area contributed by atoms with E-state index in [0.29, 0.717) is 12.4 Å². The van der Waals surface area contributed by atoms with E-state index in [2.05, 4.69) is 13.8 Å². The zero-order chi connectivity index (χ0) is 15.2. The number of hydrogen-bond acceptors (Lipinski definition) is 3. The number of para-hydroxylation sites is 1. The minimum absolute atomic E-state index is 0.0918. The van der Waals surface area contributed by atoms with Gasteiger partial charge in [-0.2, -0.15) is 0 Å². The zero-order valence-electron chi connectivity index (χ0n) is 13.2. The number of phenolic OH excluding ortho intramolecular Hbond substituents is 1. The minimum Gasteiger partial charge on any atom is -0.507 e. The van der Waals surface area contributed by atoms with Gasteiger partial charge in [0.15, 0.2) is 6.29 Å². The molecule has 3 nitrogen and oxygen atoms in total. The van der Waals surface area contributed by atoms with Crippen molar-refractivity contribution in [2.45, 2.75) is 64.6 Å². The summed E-state index contributed by atoms with van der Waals surface area (Å²) in [4.78, 5) is 0. The van der Waals surface area contributed by atoms with Crippen molar-refractivity contribution in [3.8, 4) is 5.75 Å². The van der Waals surface area contributed by atoms with Crippen LogP contribution in [0.4, 0.5) is 0 Å². The first-order valence-corrected chi connectivity index (χ1v) is 8.20. The molecule has 0 bridgehead atoms. The van der Waals surface area contributed by atoms with Gasteiger partial charge < -0.3 is 14.9 Å². The van der Waals surface area contributed by atoms with Gasteiger partial charge in [-0.05, 0) is 30.7 Å². The third-order valence-corrected chi connectivity index (χ3v) is 4.34. The molecule has 0 aliphatic carbocycles. The Kier molecular flexibility index (Phi) is 6.07. The number of hydrogen-bond donors (Lipinski definition) is 2. The van der Waals surface area contributed by atoms with Crippen molar-refractivity contribution >= 4 is 0 Å². The molecule has 0 saturated carbocycles. The average Bonchev–Trinajstić information content (AvgIpc) is 2.86. The molecule has 2 rings (SSSR count). The highest BCUT2D eigenvalue weighted by atomic mass is 16.6. The molecular formula is C18H28O3. The Balaban J connectivity index is 1.91. The van der Waals surface area contributed by atoms with Crippen LogP contribution in [0.15, 0.2) is 18.2 Å². The van der Waals surface area contributed by atoms with Crippen molar-refractivity contribution in [1.29, 1.82) is 0 Å². The van der Waals surface area contributed by atoms with E-state index >= 15 is 0 Å². The molecule has 0 spiro atoms. The van der Waals surface area contributed by atoms with Gasteiger partial charge in [-0.3, -0.25) is 0 Å². The van der Waals surface area contributed by atoms with Gasteiger partial charge in [-0.15, -0.1) is 0 Å². The lowest BCUT2D eigenvalue weighted by molar-refractivity contribution is -0.0680. The van der Waals surface area contributed by atoms with Crippen molar-refractivity contribution in [3.05, 3.63) is 29.3 Å². The summed E-state index contributed by atoms with van der Waals surface area (Å²) >= 11 is 0. The van der Waals surface area contributed by atoms with Gasteiger partial charge in [-0.1, -0.05) is 51.3 Å². The van der Waals surface area contributed by atoms with Crippen molar-refractivity contribution in [1.82, 2.24) is 0 Å². The Morgan fingerprint density at radius 3 is 2.71 bits per heavy atom. The number of rotatable bonds is 7. The molecule has 3 heteroatoms. The maximum absolute atomic E-state index is 10.4. The Bertz CT molecular complexity index is 442. The van der Waals surface area contributed by atoms with Crippen LogP contribution in [-0.4, -0.2) is 23.1 Å². The minimum atomic E-state index is -0.780. The number of aryl methyl sites for hydroxylation is 1. The molecule has 1 aliphatic rings. The van der Waals surface area contributed by atoms with E-state index in [0.717, 1.165) is 36.3 Å². The number of aliphatic hydroxyl groups excluding tert-OH is 1. The highest BCUT2D eigenvalue weighted by Crippen LogP contribution is 2.37. The lowest BCUT2D eigenvalue weighted by Crippen LogP contribution is -2.13. The first-order valence-electron chi connectivity index (χ1n) is 8.20. The van der Waals surface area contributed by atoms with Gasteiger partial charge in [0.2, 0.25) is 0 Å². The number of aromatic hydroxyl groups is 1. The summed E-state index contributed by atoms with van der Waals surface area (Å²) in [5.74, 6) is 1.03. The number of unbranched alkanes of at least 4 members (excludes halogenated alkanes) is 2. The molecule has 1 aromatic carbocycles. The first-order chi connectivity index (χ1) is 10.1. The lowest BCUT2D eigenvalue weighted by atomic mass is 9.92. The molecule has 118 valence electrons. The van der Waals surface area contributed by atoms with Crippen LogP contribution in [0.5, 0.6) is 5.75 Å². The molecule has 21 heavy (non-hydrogen) atoms. The SMILES string of the molecule is CC(C)CCCCCc1cccc(C2CCOC2O)c1O. The van der Waals surface area contributed by atoms with Crippen molar-refractivity contribution in [2.24, 2.45) is 5.92 Å². The smallest absolute Gasteiger partial charge is 0.161 e. The van der Waals surface area contributed by atoms with Gasteiger partial charge in [0.05, 0.1) is 6.61 Å². The Morgan fingerprint density at radius 1 is 1.24 bits per heavy atom. The van der Waals surface area contributed by atoms with Crippen LogP contribution >= 0.6 is 0 Å². The second kappa shape index (κ2) is 7.81. The third kappa shape index (κ3) is 4.45. The average molecular weight is 292 g/mol. The predicted molar refractivity (Wildman–Crippen MR) is 84.4 cm³/mol. The third-order valence-electron chi connectivity index (χ3n) is 4.34. The standard InChI is InChI=1S/C18H28O3/c1-13(2)7-4-3-5-8-14-9-6-10-15(17(14)19)16-11-12-21-18(16)20/h6,9-10,13,16,18-20H,3-5,7-8,11-12H2,1-2H3. The van der Waals surface area contributed by atoms with Crippen molar-refractivity contribution < 1.29 is 14.9 Å². The van der Waals surface area contributed by atoms with E-state index in [1.807, 2.05) is 18.2 Å². The highest BCUT2D eigenvalue weighted by Gasteiger charge is 2.30. The summed E-state index contributed by atoms with van der Waals surface area (Å²) < 4.78 is 5.19. The van der Waals surface area contributed by atoms with Crippen LogP contribution in [0.2, 0.25) is 0 Å². The molecule has 0 radical (unpaired) electrons. The molecule has 2 unspecified atom stereocenters. The fourth-order valence-corrected chi connectivity index (χ4v) is 3.04. The lowest BCUT2D eigenvalue weighted by Gasteiger charge is -2.17. The summed E-state index contributed by atoms with van der Waals surface area (Å²) in [7, 11) is 0. The van der Waals surface area contributed by atoms with Gasteiger partial charge >= 0.3 is 0 Å². The van der Waals surface area contributed by atoms with Gasteiger partial charge in [0.1, 0.15) is 5.75 Å². The number of aliphatic hydroxyl groups is 1. The van der Waals surface area contributed by atoms with E-state index in [4.69, 9.17) is 4.74 Å². The van der Waals surface area contributed by atoms with Crippen LogP contribution in [-0.2, 0) is 11.2 Å². The van der Waals surface area contributed by atoms with Gasteiger partial charge in [0, 0.05) is 11.5 Å². The van der Waals surface area contributed by atoms with Crippen LogP contribution in [0.3, 0.4) is 0 Å². The topological polar surface area (TPSA) is 49.7 Å². The van der Waals surface area contributed by atoms with E-state index in [-0.39, 0.29) is 5.92 Å². The Labute approximate surface area is 128 Å². The van der Waals surface area contributed by atoms with Gasteiger partial charge in [0.25, 0.3) is 0 Å². The van der Waals surface area contributed by atoms with Crippen LogP contribution in [0, 0.1) is 5.92 Å². The Hall–Kier alpha value is -1.06. The second-order valence-electron chi connectivity index (χ2n) is 6.50. The van der Waals surface area contributed by atoms with E-state index in [1.54, 1.807) is 0 Å². The molecule has 1 aromatic rings. The van der Waals surface area contributed by atoms with Crippen LogP contribution < -0.4 is 0 Å². The summed E-state index contributed by atoms with van der Waals surface area (Å²) in [6.45, 7) is 5.07.